The number of hydrogen-bond donors (Lipinski definition) is 2. The van der Waals surface area contributed by atoms with Crippen molar-refractivity contribution in [3.8, 4) is 0 Å². The highest BCUT2D eigenvalue weighted by Gasteiger charge is 2.32. The van der Waals surface area contributed by atoms with Gasteiger partial charge in [-0.05, 0) is 51.0 Å². The van der Waals surface area contributed by atoms with Gasteiger partial charge in [-0.3, -0.25) is 14.2 Å². The maximum atomic E-state index is 14.8. The molecule has 0 saturated heterocycles. The Morgan fingerprint density at radius 1 is 1.19 bits per heavy atom. The average Bonchev–Trinajstić information content (AvgIpc) is 3.16. The highest BCUT2D eigenvalue weighted by Crippen LogP contribution is 2.31. The summed E-state index contributed by atoms with van der Waals surface area (Å²) in [5.74, 6) is 0.360. The Bertz CT molecular complexity index is 1520. The Morgan fingerprint density at radius 3 is 2.81 bits per heavy atom. The minimum Gasteiger partial charge on any atom is -0.359 e. The quantitative estimate of drug-likeness (QED) is 0.513. The Balaban J connectivity index is 1.67. The van der Waals surface area contributed by atoms with E-state index in [1.54, 1.807) is 17.0 Å². The zero-order chi connectivity index (χ0) is 26.1. The van der Waals surface area contributed by atoms with E-state index in [4.69, 9.17) is 4.98 Å². The van der Waals surface area contributed by atoms with Crippen LogP contribution < -0.4 is 16.2 Å². The lowest BCUT2D eigenvalue weighted by Gasteiger charge is -2.33. The third-order valence-electron chi connectivity index (χ3n) is 6.49. The lowest BCUT2D eigenvalue weighted by Crippen LogP contribution is -2.45. The minimum atomic E-state index is -0.625. The highest BCUT2D eigenvalue weighted by molar-refractivity contribution is 6.04. The minimum absolute atomic E-state index is 0.0209. The molecule has 2 aromatic heterocycles. The summed E-state index contributed by atoms with van der Waals surface area (Å²) in [5.41, 5.74) is 0.662. The van der Waals surface area contributed by atoms with E-state index in [9.17, 15) is 14.0 Å². The first-order valence-corrected chi connectivity index (χ1v) is 12.3. The molecule has 0 bridgehead atoms. The monoisotopic (exact) mass is 501 g/mol. The van der Waals surface area contributed by atoms with Gasteiger partial charge in [-0.25, -0.2) is 19.3 Å². The van der Waals surface area contributed by atoms with Crippen molar-refractivity contribution in [2.45, 2.75) is 45.7 Å². The predicted molar refractivity (Wildman–Crippen MR) is 142 cm³/mol. The number of carbonyl (C=O) groups excluding carboxylic acids is 1. The number of aromatic nitrogens is 4. The second kappa shape index (κ2) is 9.96. The van der Waals surface area contributed by atoms with Crippen LogP contribution >= 0.6 is 0 Å². The van der Waals surface area contributed by atoms with Crippen molar-refractivity contribution in [2.75, 3.05) is 17.3 Å². The number of benzene rings is 1. The molecule has 3 aromatic rings. The summed E-state index contributed by atoms with van der Waals surface area (Å²) < 4.78 is 16.2. The third kappa shape index (κ3) is 4.39. The molecule has 0 radical (unpaired) electrons. The molecule has 3 heterocycles. The molecule has 1 aliphatic heterocycles. The molecule has 0 unspecified atom stereocenters. The van der Waals surface area contributed by atoms with Crippen LogP contribution in [0.25, 0.3) is 16.6 Å². The molecule has 2 aliphatic rings. The number of carbonyl (C=O) groups is 1. The van der Waals surface area contributed by atoms with E-state index in [1.807, 2.05) is 45.1 Å². The van der Waals surface area contributed by atoms with Crippen molar-refractivity contribution >= 4 is 34.1 Å². The van der Waals surface area contributed by atoms with Gasteiger partial charge in [0.25, 0.3) is 11.5 Å². The molecule has 190 valence electrons. The standard InChI is InChI=1S/C27H28FN7O2/c1-4-19(32-24-22-23(29-14-30-24)31-15-34(16(2)3)26(22)36)25-33-20-13-9-12-18(28)21(20)27(37)35(25)17-10-7-5-6-8-11-17/h5,7-14,16,19H,4,6,15H2,1-3H3,(H2,29,30,31,32)/t19-/m0/s1. The van der Waals surface area contributed by atoms with Gasteiger partial charge >= 0.3 is 0 Å². The van der Waals surface area contributed by atoms with Crippen LogP contribution in [0.1, 0.15) is 55.8 Å². The Morgan fingerprint density at radius 2 is 2.03 bits per heavy atom. The predicted octanol–water partition coefficient (Wildman–Crippen LogP) is 4.48. The van der Waals surface area contributed by atoms with Gasteiger partial charge in [-0.1, -0.05) is 31.2 Å². The number of fused-ring (bicyclic) bond motifs is 2. The molecule has 1 aromatic carbocycles. The SMILES string of the molecule is CC[C@H](Nc1ncnc2c1C(=O)N(C(C)C)CN2)c1nc2cccc(F)c2c(=O)n1C1=CC=CCC=C1. The molecular weight excluding hydrogens is 473 g/mol. The van der Waals surface area contributed by atoms with E-state index >= 15 is 0 Å². The molecule has 0 saturated carbocycles. The fraction of sp³-hybridized carbons (Fsp3) is 0.296. The number of rotatable bonds is 6. The Hall–Kier alpha value is -4.34. The molecular formula is C27H28FN7O2. The zero-order valence-electron chi connectivity index (χ0n) is 20.9. The fourth-order valence-corrected chi connectivity index (χ4v) is 4.55. The molecule has 9 nitrogen and oxygen atoms in total. The van der Waals surface area contributed by atoms with Crippen LogP contribution in [0, 0.1) is 5.82 Å². The van der Waals surface area contributed by atoms with E-state index in [0.717, 1.165) is 0 Å². The number of allylic oxidation sites excluding steroid dienone is 6. The van der Waals surface area contributed by atoms with Crippen LogP contribution in [0.3, 0.4) is 0 Å². The molecule has 1 amide bonds. The van der Waals surface area contributed by atoms with Crippen molar-refractivity contribution in [3.05, 3.63) is 82.5 Å². The summed E-state index contributed by atoms with van der Waals surface area (Å²) in [5, 5.41) is 6.45. The lowest BCUT2D eigenvalue weighted by atomic mass is 10.1. The molecule has 0 fully saturated rings. The van der Waals surface area contributed by atoms with E-state index in [1.165, 1.54) is 23.0 Å². The van der Waals surface area contributed by atoms with Gasteiger partial charge in [0, 0.05) is 6.04 Å². The van der Waals surface area contributed by atoms with E-state index < -0.39 is 17.4 Å². The molecule has 2 N–H and O–H groups in total. The summed E-state index contributed by atoms with van der Waals surface area (Å²) in [6.45, 7) is 6.17. The largest absolute Gasteiger partial charge is 0.359 e. The second-order valence-corrected chi connectivity index (χ2v) is 9.16. The Kier molecular flexibility index (Phi) is 6.56. The molecule has 0 spiro atoms. The summed E-state index contributed by atoms with van der Waals surface area (Å²) in [6.07, 6.45) is 12.0. The van der Waals surface area contributed by atoms with Crippen molar-refractivity contribution in [1.82, 2.24) is 24.4 Å². The molecule has 10 heteroatoms. The topological polar surface area (TPSA) is 105 Å². The fourth-order valence-electron chi connectivity index (χ4n) is 4.55. The van der Waals surface area contributed by atoms with Gasteiger partial charge in [-0.15, -0.1) is 0 Å². The average molecular weight is 502 g/mol. The highest BCUT2D eigenvalue weighted by atomic mass is 19.1. The van der Waals surface area contributed by atoms with Gasteiger partial charge in [0.05, 0.1) is 23.9 Å². The van der Waals surface area contributed by atoms with Gasteiger partial charge in [0.1, 0.15) is 40.6 Å². The number of hydrogen-bond acceptors (Lipinski definition) is 7. The van der Waals surface area contributed by atoms with E-state index in [2.05, 4.69) is 20.6 Å². The number of nitrogens with one attached hydrogen (secondary N) is 2. The first-order valence-electron chi connectivity index (χ1n) is 12.3. The number of nitrogens with zero attached hydrogens (tertiary/aromatic N) is 5. The number of halogens is 1. The molecule has 1 aliphatic carbocycles. The van der Waals surface area contributed by atoms with Gasteiger partial charge in [0.2, 0.25) is 0 Å². The van der Waals surface area contributed by atoms with Crippen LogP contribution in [-0.2, 0) is 0 Å². The van der Waals surface area contributed by atoms with Crippen molar-refractivity contribution < 1.29 is 9.18 Å². The summed E-state index contributed by atoms with van der Waals surface area (Å²) in [4.78, 5) is 42.1. The summed E-state index contributed by atoms with van der Waals surface area (Å²) in [7, 11) is 0. The first kappa shape index (κ1) is 24.4. The molecule has 37 heavy (non-hydrogen) atoms. The van der Waals surface area contributed by atoms with Crippen LogP contribution in [0.4, 0.5) is 16.0 Å². The number of anilines is 2. The van der Waals surface area contributed by atoms with Crippen LogP contribution in [-0.4, -0.2) is 43.0 Å². The maximum absolute atomic E-state index is 14.8. The van der Waals surface area contributed by atoms with Crippen molar-refractivity contribution in [1.29, 1.82) is 0 Å². The summed E-state index contributed by atoms with van der Waals surface area (Å²) in [6, 6.07) is 3.87. The van der Waals surface area contributed by atoms with Gasteiger partial charge in [0.15, 0.2) is 0 Å². The zero-order valence-corrected chi connectivity index (χ0v) is 20.9. The van der Waals surface area contributed by atoms with Crippen molar-refractivity contribution in [3.63, 3.8) is 0 Å². The van der Waals surface area contributed by atoms with Gasteiger partial charge < -0.3 is 15.5 Å². The third-order valence-corrected chi connectivity index (χ3v) is 6.49. The van der Waals surface area contributed by atoms with E-state index in [0.29, 0.717) is 48.2 Å². The first-order chi connectivity index (χ1) is 17.9. The van der Waals surface area contributed by atoms with Crippen LogP contribution in [0.15, 0.2) is 59.7 Å². The molecule has 5 rings (SSSR count). The normalized spacial score (nSPS) is 15.9. The van der Waals surface area contributed by atoms with Crippen LogP contribution in [0.2, 0.25) is 0 Å². The lowest BCUT2D eigenvalue weighted by molar-refractivity contribution is 0.0710. The van der Waals surface area contributed by atoms with Crippen molar-refractivity contribution in [2.24, 2.45) is 0 Å². The maximum Gasteiger partial charge on any atom is 0.269 e. The molecule has 1 atom stereocenters. The number of amides is 1. The van der Waals surface area contributed by atoms with Crippen LogP contribution in [0.5, 0.6) is 0 Å². The Labute approximate surface area is 213 Å². The van der Waals surface area contributed by atoms with E-state index in [-0.39, 0.29) is 22.9 Å². The smallest absolute Gasteiger partial charge is 0.269 e. The van der Waals surface area contributed by atoms with Gasteiger partial charge in [-0.2, -0.15) is 0 Å². The summed E-state index contributed by atoms with van der Waals surface area (Å²) >= 11 is 0. The second-order valence-electron chi connectivity index (χ2n) is 9.16.